The molecular weight excluding hydrogens is 346 g/mol. The summed E-state index contributed by atoms with van der Waals surface area (Å²) in [5.74, 6) is 2.29. The largest absolute Gasteiger partial charge is 0.508 e. The van der Waals surface area contributed by atoms with E-state index in [0.717, 1.165) is 70.3 Å². The molecule has 0 aromatic heterocycles. The number of aliphatic imine (C=N–C) groups is 1. The summed E-state index contributed by atoms with van der Waals surface area (Å²) in [6, 6.07) is 5.15. The van der Waals surface area contributed by atoms with Gasteiger partial charge in [-0.15, -0.1) is 0 Å². The van der Waals surface area contributed by atoms with Gasteiger partial charge in [0.15, 0.2) is 5.96 Å². The van der Waals surface area contributed by atoms with E-state index in [1.54, 1.807) is 25.3 Å². The zero-order chi connectivity index (χ0) is 19.3. The lowest BCUT2D eigenvalue weighted by molar-refractivity contribution is 0.0203. The first kappa shape index (κ1) is 21.3. The molecule has 1 aliphatic rings. The van der Waals surface area contributed by atoms with E-state index < -0.39 is 0 Å². The molecule has 1 aliphatic heterocycles. The lowest BCUT2D eigenvalue weighted by Gasteiger charge is -2.21. The van der Waals surface area contributed by atoms with Crippen molar-refractivity contribution in [1.82, 2.24) is 10.6 Å². The number of benzene rings is 1. The first-order valence-corrected chi connectivity index (χ1v) is 9.76. The maximum atomic E-state index is 9.96. The predicted octanol–water partition coefficient (Wildman–Crippen LogP) is 2.29. The molecule has 1 heterocycles. The van der Waals surface area contributed by atoms with E-state index in [4.69, 9.17) is 14.2 Å². The Bertz CT molecular complexity index is 574. The predicted molar refractivity (Wildman–Crippen MR) is 106 cm³/mol. The number of nitrogens with one attached hydrogen (secondary N) is 2. The molecule has 2 rings (SSSR count). The number of ether oxygens (including phenoxy) is 3. The Morgan fingerprint density at radius 2 is 2.11 bits per heavy atom. The van der Waals surface area contributed by atoms with Gasteiger partial charge in [0.1, 0.15) is 11.5 Å². The molecule has 0 amide bonds. The number of aromatic hydroxyl groups is 1. The van der Waals surface area contributed by atoms with Crippen molar-refractivity contribution in [2.75, 3.05) is 46.6 Å². The summed E-state index contributed by atoms with van der Waals surface area (Å²) >= 11 is 0. The minimum atomic E-state index is 0.219. The third-order valence-corrected chi connectivity index (χ3v) is 4.49. The van der Waals surface area contributed by atoms with Crippen molar-refractivity contribution in [2.45, 2.75) is 32.7 Å². The highest BCUT2D eigenvalue weighted by Gasteiger charge is 2.13. The summed E-state index contributed by atoms with van der Waals surface area (Å²) in [5.41, 5.74) is 0.728. The second-order valence-corrected chi connectivity index (χ2v) is 6.60. The van der Waals surface area contributed by atoms with Gasteiger partial charge >= 0.3 is 0 Å². The van der Waals surface area contributed by atoms with Crippen LogP contribution in [0, 0.1) is 5.92 Å². The van der Waals surface area contributed by atoms with Crippen LogP contribution in [0.3, 0.4) is 0 Å². The molecule has 0 aliphatic carbocycles. The Kier molecular flexibility index (Phi) is 9.79. The third kappa shape index (κ3) is 8.05. The molecule has 1 saturated heterocycles. The molecule has 7 nitrogen and oxygen atoms in total. The third-order valence-electron chi connectivity index (χ3n) is 4.49. The molecule has 1 fully saturated rings. The van der Waals surface area contributed by atoms with Crippen LogP contribution in [-0.2, 0) is 16.0 Å². The van der Waals surface area contributed by atoms with Crippen LogP contribution in [0.25, 0.3) is 0 Å². The van der Waals surface area contributed by atoms with Crippen LogP contribution < -0.4 is 15.4 Å². The van der Waals surface area contributed by atoms with Crippen LogP contribution in [0.1, 0.15) is 31.7 Å². The highest BCUT2D eigenvalue weighted by atomic mass is 16.5. The van der Waals surface area contributed by atoms with Gasteiger partial charge in [0.05, 0.1) is 13.7 Å². The standard InChI is InChI=1S/C20H33N3O4/c1-3-21-20(23-14-17-13-18(25-2)5-6-19(17)24)22-9-4-10-27-15-16-7-11-26-12-8-16/h5-6,13,16,24H,3-4,7-12,14-15H2,1-2H3,(H2,21,22,23). The summed E-state index contributed by atoms with van der Waals surface area (Å²) in [5, 5.41) is 16.5. The van der Waals surface area contributed by atoms with E-state index >= 15 is 0 Å². The highest BCUT2D eigenvalue weighted by molar-refractivity contribution is 5.79. The van der Waals surface area contributed by atoms with Crippen LogP contribution in [0.15, 0.2) is 23.2 Å². The quantitative estimate of drug-likeness (QED) is 0.329. The van der Waals surface area contributed by atoms with Crippen molar-refractivity contribution in [3.05, 3.63) is 23.8 Å². The minimum Gasteiger partial charge on any atom is -0.508 e. The van der Waals surface area contributed by atoms with Gasteiger partial charge < -0.3 is 30.0 Å². The lowest BCUT2D eigenvalue weighted by Crippen LogP contribution is -2.38. The first-order valence-electron chi connectivity index (χ1n) is 9.76. The fourth-order valence-corrected chi connectivity index (χ4v) is 2.87. The number of nitrogens with zero attached hydrogens (tertiary/aromatic N) is 1. The number of hydrogen-bond donors (Lipinski definition) is 3. The summed E-state index contributed by atoms with van der Waals surface area (Å²) < 4.78 is 16.3. The van der Waals surface area contributed by atoms with Gasteiger partial charge in [0, 0.05) is 45.1 Å². The number of hydrogen-bond acceptors (Lipinski definition) is 5. The van der Waals surface area contributed by atoms with Crippen molar-refractivity contribution >= 4 is 5.96 Å². The number of guanidine groups is 1. The van der Waals surface area contributed by atoms with Crippen LogP contribution in [0.4, 0.5) is 0 Å². The van der Waals surface area contributed by atoms with Gasteiger partial charge in [0.25, 0.3) is 0 Å². The summed E-state index contributed by atoms with van der Waals surface area (Å²) in [6.45, 7) is 7.24. The van der Waals surface area contributed by atoms with Gasteiger partial charge in [-0.1, -0.05) is 0 Å². The second kappa shape index (κ2) is 12.4. The molecule has 152 valence electrons. The Hall–Kier alpha value is -1.99. The monoisotopic (exact) mass is 379 g/mol. The van der Waals surface area contributed by atoms with Gasteiger partial charge in [-0.05, 0) is 50.3 Å². The molecule has 27 heavy (non-hydrogen) atoms. The van der Waals surface area contributed by atoms with E-state index in [0.29, 0.717) is 18.2 Å². The maximum absolute atomic E-state index is 9.96. The summed E-state index contributed by atoms with van der Waals surface area (Å²) in [4.78, 5) is 4.54. The summed E-state index contributed by atoms with van der Waals surface area (Å²) in [7, 11) is 1.61. The first-order chi connectivity index (χ1) is 13.2. The zero-order valence-corrected chi connectivity index (χ0v) is 16.5. The number of phenolic OH excluding ortho intramolecular Hbond substituents is 1. The normalized spacial score (nSPS) is 15.6. The average molecular weight is 380 g/mol. The highest BCUT2D eigenvalue weighted by Crippen LogP contribution is 2.23. The zero-order valence-electron chi connectivity index (χ0n) is 16.5. The van der Waals surface area contributed by atoms with Gasteiger partial charge in [0.2, 0.25) is 0 Å². The lowest BCUT2D eigenvalue weighted by atomic mass is 10.0. The number of rotatable bonds is 10. The number of phenols is 1. The van der Waals surface area contributed by atoms with Crippen molar-refractivity contribution in [3.8, 4) is 11.5 Å². The topological polar surface area (TPSA) is 84.3 Å². The van der Waals surface area contributed by atoms with Crippen molar-refractivity contribution in [2.24, 2.45) is 10.9 Å². The Labute approximate surface area is 162 Å². The van der Waals surface area contributed by atoms with E-state index in [-0.39, 0.29) is 5.75 Å². The van der Waals surface area contributed by atoms with E-state index in [1.165, 1.54) is 0 Å². The molecular formula is C20H33N3O4. The second-order valence-electron chi connectivity index (χ2n) is 6.60. The van der Waals surface area contributed by atoms with E-state index in [1.807, 2.05) is 6.92 Å². The molecule has 7 heteroatoms. The van der Waals surface area contributed by atoms with Crippen LogP contribution in [0.5, 0.6) is 11.5 Å². The van der Waals surface area contributed by atoms with E-state index in [2.05, 4.69) is 15.6 Å². The fourth-order valence-electron chi connectivity index (χ4n) is 2.87. The molecule has 0 radical (unpaired) electrons. The molecule has 0 bridgehead atoms. The van der Waals surface area contributed by atoms with Gasteiger partial charge in [-0.25, -0.2) is 4.99 Å². The maximum Gasteiger partial charge on any atom is 0.191 e. The molecule has 0 unspecified atom stereocenters. The summed E-state index contributed by atoms with van der Waals surface area (Å²) in [6.07, 6.45) is 3.12. The molecule has 0 atom stereocenters. The van der Waals surface area contributed by atoms with E-state index in [9.17, 15) is 5.11 Å². The molecule has 1 aromatic carbocycles. The fraction of sp³-hybridized carbons (Fsp3) is 0.650. The Balaban J connectivity index is 1.70. The molecule has 0 spiro atoms. The van der Waals surface area contributed by atoms with Crippen molar-refractivity contribution < 1.29 is 19.3 Å². The Morgan fingerprint density at radius 1 is 1.30 bits per heavy atom. The van der Waals surface area contributed by atoms with Crippen molar-refractivity contribution in [3.63, 3.8) is 0 Å². The smallest absolute Gasteiger partial charge is 0.191 e. The van der Waals surface area contributed by atoms with Gasteiger partial charge in [-0.3, -0.25) is 0 Å². The molecule has 3 N–H and O–H groups in total. The van der Waals surface area contributed by atoms with Crippen molar-refractivity contribution in [1.29, 1.82) is 0 Å². The average Bonchev–Trinajstić information content (AvgIpc) is 2.70. The van der Waals surface area contributed by atoms with Crippen LogP contribution in [0.2, 0.25) is 0 Å². The van der Waals surface area contributed by atoms with Crippen LogP contribution in [-0.4, -0.2) is 57.7 Å². The minimum absolute atomic E-state index is 0.219. The van der Waals surface area contributed by atoms with Gasteiger partial charge in [-0.2, -0.15) is 0 Å². The Morgan fingerprint density at radius 3 is 2.85 bits per heavy atom. The number of methoxy groups -OCH3 is 1. The molecule has 1 aromatic rings. The van der Waals surface area contributed by atoms with Crippen LogP contribution >= 0.6 is 0 Å². The SMILES string of the molecule is CCNC(=NCc1cc(OC)ccc1O)NCCCOCC1CCOCC1. The molecule has 0 saturated carbocycles.